The van der Waals surface area contributed by atoms with Gasteiger partial charge in [-0.15, -0.1) is 0 Å². The van der Waals surface area contributed by atoms with Crippen molar-refractivity contribution in [3.05, 3.63) is 0 Å². The van der Waals surface area contributed by atoms with Gasteiger partial charge in [-0.25, -0.2) is 0 Å². The van der Waals surface area contributed by atoms with Gasteiger partial charge in [-0.05, 0) is 12.2 Å². The minimum Gasteiger partial charge on any atom is -0.339 e. The van der Waals surface area contributed by atoms with Crippen LogP contribution in [0, 0.1) is 0 Å². The molecule has 0 saturated carbocycles. The molecule has 0 atom stereocenters. The Morgan fingerprint density at radius 1 is 1.62 bits per heavy atom. The van der Waals surface area contributed by atoms with Gasteiger partial charge >= 0.3 is 0 Å². The summed E-state index contributed by atoms with van der Waals surface area (Å²) in [6.07, 6.45) is 1.15. The minimum atomic E-state index is 0.268. The zero-order valence-electron chi connectivity index (χ0n) is 8.38. The number of rotatable bonds is 5. The van der Waals surface area contributed by atoms with Crippen LogP contribution in [0.5, 0.6) is 0 Å². The Morgan fingerprint density at radius 2 is 2.31 bits per heavy atom. The minimum absolute atomic E-state index is 0.268. The van der Waals surface area contributed by atoms with Gasteiger partial charge < -0.3 is 10.2 Å². The molecule has 3 nitrogen and oxygen atoms in total. The van der Waals surface area contributed by atoms with E-state index < -0.39 is 0 Å². The highest BCUT2D eigenvalue weighted by atomic mass is 32.2. The Kier molecular flexibility index (Phi) is 4.59. The molecule has 4 heteroatoms. The predicted molar refractivity (Wildman–Crippen MR) is 57.0 cm³/mol. The fourth-order valence-corrected chi connectivity index (χ4v) is 1.97. The maximum absolute atomic E-state index is 11.5. The van der Waals surface area contributed by atoms with Gasteiger partial charge in [0.15, 0.2) is 0 Å². The molecular formula is C9H18N2OS. The van der Waals surface area contributed by atoms with E-state index in [2.05, 4.69) is 12.2 Å². The summed E-state index contributed by atoms with van der Waals surface area (Å²) in [6, 6.07) is 0.440. The van der Waals surface area contributed by atoms with Crippen molar-refractivity contribution >= 4 is 17.7 Å². The number of amides is 1. The van der Waals surface area contributed by atoms with E-state index in [0.717, 1.165) is 25.3 Å². The molecule has 1 rings (SSSR count). The molecule has 76 valence electrons. The van der Waals surface area contributed by atoms with Gasteiger partial charge in [-0.2, -0.15) is 11.8 Å². The predicted octanol–water partition coefficient (Wildman–Crippen LogP) is 0.560. The summed E-state index contributed by atoms with van der Waals surface area (Å²) < 4.78 is 0. The summed E-state index contributed by atoms with van der Waals surface area (Å²) in [4.78, 5) is 13.4. The maximum atomic E-state index is 11.5. The van der Waals surface area contributed by atoms with Crippen molar-refractivity contribution in [2.75, 3.05) is 31.6 Å². The van der Waals surface area contributed by atoms with E-state index in [1.165, 1.54) is 0 Å². The molecule has 0 bridgehead atoms. The molecule has 13 heavy (non-hydrogen) atoms. The number of hydrogen-bond acceptors (Lipinski definition) is 3. The van der Waals surface area contributed by atoms with Crippen molar-refractivity contribution in [2.24, 2.45) is 0 Å². The maximum Gasteiger partial charge on any atom is 0.232 e. The molecule has 0 spiro atoms. The number of likely N-dealkylation sites (N-methyl/N-ethyl adjacent to an activating group) is 1. The molecule has 1 aliphatic rings. The molecule has 0 radical (unpaired) electrons. The fourth-order valence-electron chi connectivity index (χ4n) is 1.16. The van der Waals surface area contributed by atoms with E-state index in [1.54, 1.807) is 11.8 Å². The molecule has 0 aliphatic carbocycles. The quantitative estimate of drug-likeness (QED) is 0.661. The molecular weight excluding hydrogens is 184 g/mol. The van der Waals surface area contributed by atoms with Crippen LogP contribution in [-0.4, -0.2) is 48.5 Å². The standard InChI is InChI=1S/C9H18N2OS/c1-3-4-13-7-9(12)11(2)8-5-10-6-8/h8,10H,3-7H2,1-2H3. The third-order valence-corrected chi connectivity index (χ3v) is 3.42. The molecule has 0 aromatic carbocycles. The Hall–Kier alpha value is -0.220. The molecule has 1 aliphatic heterocycles. The van der Waals surface area contributed by atoms with Crippen LogP contribution in [-0.2, 0) is 4.79 Å². The number of nitrogens with one attached hydrogen (secondary N) is 1. The van der Waals surface area contributed by atoms with Gasteiger partial charge in [0.25, 0.3) is 0 Å². The van der Waals surface area contributed by atoms with Crippen molar-refractivity contribution in [3.8, 4) is 0 Å². The van der Waals surface area contributed by atoms with E-state index >= 15 is 0 Å². The number of carbonyl (C=O) groups is 1. The summed E-state index contributed by atoms with van der Waals surface area (Å²) in [6.45, 7) is 4.05. The molecule has 1 N–H and O–H groups in total. The molecule has 1 heterocycles. The number of carbonyl (C=O) groups excluding carboxylic acids is 1. The first-order valence-electron chi connectivity index (χ1n) is 4.79. The Balaban J connectivity index is 2.13. The third kappa shape index (κ3) is 3.19. The summed E-state index contributed by atoms with van der Waals surface area (Å²) in [5.41, 5.74) is 0. The normalized spacial score (nSPS) is 16.8. The zero-order chi connectivity index (χ0) is 9.68. The lowest BCUT2D eigenvalue weighted by molar-refractivity contribution is -0.129. The number of thioether (sulfide) groups is 1. The van der Waals surface area contributed by atoms with Crippen LogP contribution in [0.15, 0.2) is 0 Å². The van der Waals surface area contributed by atoms with Gasteiger partial charge in [0.2, 0.25) is 5.91 Å². The van der Waals surface area contributed by atoms with Crippen LogP contribution in [0.4, 0.5) is 0 Å². The molecule has 0 aromatic rings. The van der Waals surface area contributed by atoms with Crippen molar-refractivity contribution < 1.29 is 4.79 Å². The molecule has 0 aromatic heterocycles. The fraction of sp³-hybridized carbons (Fsp3) is 0.889. The van der Waals surface area contributed by atoms with E-state index in [0.29, 0.717) is 11.8 Å². The highest BCUT2D eigenvalue weighted by Gasteiger charge is 2.24. The molecule has 1 saturated heterocycles. The first-order chi connectivity index (χ1) is 6.25. The SMILES string of the molecule is CCCSCC(=O)N(C)C1CNC1. The molecule has 1 amide bonds. The Morgan fingerprint density at radius 3 is 2.77 bits per heavy atom. The van der Waals surface area contributed by atoms with Gasteiger partial charge in [0, 0.05) is 20.1 Å². The Bertz CT molecular complexity index is 171. The van der Waals surface area contributed by atoms with Gasteiger partial charge in [0.1, 0.15) is 0 Å². The van der Waals surface area contributed by atoms with Crippen LogP contribution >= 0.6 is 11.8 Å². The lowest BCUT2D eigenvalue weighted by atomic mass is 10.1. The van der Waals surface area contributed by atoms with Gasteiger partial charge in [-0.1, -0.05) is 6.92 Å². The molecule has 0 unspecified atom stereocenters. The Labute approximate surface area is 84.2 Å². The topological polar surface area (TPSA) is 32.3 Å². The summed E-state index contributed by atoms with van der Waals surface area (Å²) in [5, 5.41) is 3.16. The number of hydrogen-bond donors (Lipinski definition) is 1. The van der Waals surface area contributed by atoms with Crippen LogP contribution in [0.2, 0.25) is 0 Å². The van der Waals surface area contributed by atoms with Crippen LogP contribution in [0.3, 0.4) is 0 Å². The van der Waals surface area contributed by atoms with Gasteiger partial charge in [-0.3, -0.25) is 4.79 Å². The smallest absolute Gasteiger partial charge is 0.232 e. The monoisotopic (exact) mass is 202 g/mol. The first kappa shape index (κ1) is 10.9. The second-order valence-corrected chi connectivity index (χ2v) is 4.47. The van der Waals surface area contributed by atoms with E-state index in [9.17, 15) is 4.79 Å². The zero-order valence-corrected chi connectivity index (χ0v) is 9.19. The van der Waals surface area contributed by atoms with Crippen molar-refractivity contribution in [2.45, 2.75) is 19.4 Å². The summed E-state index contributed by atoms with van der Waals surface area (Å²) in [5.74, 6) is 1.99. The van der Waals surface area contributed by atoms with Crippen LogP contribution in [0.1, 0.15) is 13.3 Å². The lowest BCUT2D eigenvalue weighted by Gasteiger charge is -2.35. The summed E-state index contributed by atoms with van der Waals surface area (Å²) >= 11 is 1.73. The summed E-state index contributed by atoms with van der Waals surface area (Å²) in [7, 11) is 1.90. The highest BCUT2D eigenvalue weighted by molar-refractivity contribution is 7.99. The van der Waals surface area contributed by atoms with Crippen LogP contribution < -0.4 is 5.32 Å². The number of nitrogens with zero attached hydrogens (tertiary/aromatic N) is 1. The average Bonchev–Trinajstić information content (AvgIpc) is 2.01. The van der Waals surface area contributed by atoms with E-state index in [4.69, 9.17) is 0 Å². The van der Waals surface area contributed by atoms with E-state index in [1.807, 2.05) is 11.9 Å². The first-order valence-corrected chi connectivity index (χ1v) is 5.95. The van der Waals surface area contributed by atoms with Crippen molar-refractivity contribution in [3.63, 3.8) is 0 Å². The van der Waals surface area contributed by atoms with Crippen molar-refractivity contribution in [1.82, 2.24) is 10.2 Å². The average molecular weight is 202 g/mol. The van der Waals surface area contributed by atoms with Crippen LogP contribution in [0.25, 0.3) is 0 Å². The second-order valence-electron chi connectivity index (χ2n) is 3.37. The second kappa shape index (κ2) is 5.50. The molecule has 1 fully saturated rings. The largest absolute Gasteiger partial charge is 0.339 e. The highest BCUT2D eigenvalue weighted by Crippen LogP contribution is 2.07. The third-order valence-electron chi connectivity index (χ3n) is 2.28. The lowest BCUT2D eigenvalue weighted by Crippen LogP contribution is -2.57. The van der Waals surface area contributed by atoms with Crippen molar-refractivity contribution in [1.29, 1.82) is 0 Å². The van der Waals surface area contributed by atoms with E-state index in [-0.39, 0.29) is 5.91 Å². The van der Waals surface area contributed by atoms with Gasteiger partial charge in [0.05, 0.1) is 11.8 Å².